The summed E-state index contributed by atoms with van der Waals surface area (Å²) in [6.45, 7) is 0. The summed E-state index contributed by atoms with van der Waals surface area (Å²) in [5, 5.41) is 6.63. The number of hydrogen-bond donors (Lipinski definition) is 1. The Morgan fingerprint density at radius 1 is 0.574 bits per heavy atom. The van der Waals surface area contributed by atoms with Crippen molar-refractivity contribution in [1.29, 1.82) is 0 Å². The van der Waals surface area contributed by atoms with Gasteiger partial charge < -0.3 is 10.2 Å². The van der Waals surface area contributed by atoms with Crippen molar-refractivity contribution in [3.8, 4) is 0 Å². The van der Waals surface area contributed by atoms with Crippen molar-refractivity contribution < 1.29 is 0 Å². The maximum atomic E-state index is 3.71. The number of nitrogens with zero attached hydrogens (tertiary/aromatic N) is 1. The van der Waals surface area contributed by atoms with Crippen LogP contribution in [-0.4, -0.2) is 11.1 Å². The lowest BCUT2D eigenvalue weighted by atomic mass is 9.69. The molecule has 1 saturated carbocycles. The summed E-state index contributed by atoms with van der Waals surface area (Å²) in [5.41, 5.74) is 15.2. The lowest BCUT2D eigenvalue weighted by Gasteiger charge is -2.34. The van der Waals surface area contributed by atoms with E-state index in [1.165, 1.54) is 44.0 Å². The second-order valence-corrected chi connectivity index (χ2v) is 14.2. The molecule has 230 valence electrons. The van der Waals surface area contributed by atoms with Crippen LogP contribution < -0.4 is 15.8 Å². The minimum Gasteiger partial charge on any atom is -0.360 e. The van der Waals surface area contributed by atoms with Crippen LogP contribution in [0.4, 0.5) is 0 Å². The first-order valence-electron chi connectivity index (χ1n) is 17.7. The molecule has 1 N–H and O–H groups in total. The first-order valence-corrected chi connectivity index (χ1v) is 17.7. The van der Waals surface area contributed by atoms with Crippen LogP contribution in [0.5, 0.6) is 0 Å². The molecule has 9 aliphatic rings. The molecule has 2 heterocycles. The lowest BCUT2D eigenvalue weighted by molar-refractivity contribution is 0.424. The average Bonchev–Trinajstić information content (AvgIpc) is 3.72. The summed E-state index contributed by atoms with van der Waals surface area (Å²) in [7, 11) is 0. The van der Waals surface area contributed by atoms with Crippen LogP contribution in [0.2, 0.25) is 0 Å². The van der Waals surface area contributed by atoms with Gasteiger partial charge in [0.1, 0.15) is 6.17 Å². The molecule has 1 aromatic rings. The summed E-state index contributed by atoms with van der Waals surface area (Å²) < 4.78 is 0. The van der Waals surface area contributed by atoms with Gasteiger partial charge in [-0.05, 0) is 100 Å². The Bertz CT molecular complexity index is 2140. The fourth-order valence-corrected chi connectivity index (χ4v) is 9.83. The number of benzene rings is 1. The minimum absolute atomic E-state index is 0.240. The first kappa shape index (κ1) is 27.3. The van der Waals surface area contributed by atoms with E-state index in [-0.39, 0.29) is 6.17 Å². The topological polar surface area (TPSA) is 15.3 Å². The van der Waals surface area contributed by atoms with E-state index >= 15 is 0 Å². The van der Waals surface area contributed by atoms with E-state index < -0.39 is 0 Å². The molecule has 1 fully saturated rings. The molecular weight excluding hydrogens is 569 g/mol. The number of rotatable bonds is 4. The number of allylic oxidation sites excluding steroid dienone is 22. The van der Waals surface area contributed by atoms with Crippen LogP contribution in [0.3, 0.4) is 0 Å². The quantitative estimate of drug-likeness (QED) is 0.371. The van der Waals surface area contributed by atoms with E-state index in [1.54, 1.807) is 22.3 Å². The van der Waals surface area contributed by atoms with E-state index in [0.717, 1.165) is 38.5 Å². The molecule has 0 saturated heterocycles. The van der Waals surface area contributed by atoms with Crippen molar-refractivity contribution in [1.82, 2.24) is 10.2 Å². The Balaban J connectivity index is 1.09. The van der Waals surface area contributed by atoms with Gasteiger partial charge in [0, 0.05) is 36.1 Å². The van der Waals surface area contributed by atoms with E-state index in [4.69, 9.17) is 0 Å². The van der Waals surface area contributed by atoms with Gasteiger partial charge in [0.25, 0.3) is 0 Å². The highest BCUT2D eigenvalue weighted by Gasteiger charge is 2.52. The largest absolute Gasteiger partial charge is 0.360 e. The van der Waals surface area contributed by atoms with Gasteiger partial charge in [-0.3, -0.25) is 0 Å². The third-order valence-corrected chi connectivity index (χ3v) is 11.8. The maximum Gasteiger partial charge on any atom is 0.122 e. The third kappa shape index (κ3) is 4.23. The molecule has 47 heavy (non-hydrogen) atoms. The summed E-state index contributed by atoms with van der Waals surface area (Å²) in [6, 6.07) is 9.36. The van der Waals surface area contributed by atoms with Crippen molar-refractivity contribution in [3.05, 3.63) is 189 Å². The molecule has 10 rings (SSSR count). The van der Waals surface area contributed by atoms with Crippen molar-refractivity contribution in [2.45, 2.75) is 44.7 Å². The number of fused-ring (bicyclic) bond motifs is 5. The minimum atomic E-state index is 0.240. The van der Waals surface area contributed by atoms with Crippen molar-refractivity contribution in [2.75, 3.05) is 0 Å². The van der Waals surface area contributed by atoms with Gasteiger partial charge in [0.15, 0.2) is 0 Å². The predicted molar refractivity (Wildman–Crippen MR) is 193 cm³/mol. The second kappa shape index (κ2) is 10.9. The lowest BCUT2D eigenvalue weighted by Crippen LogP contribution is -2.40. The molecule has 0 radical (unpaired) electrons. The fraction of sp³-hybridized carbons (Fsp3) is 0.244. The molecular formula is C45H40N2. The normalized spacial score (nSPS) is 30.9. The van der Waals surface area contributed by atoms with Crippen molar-refractivity contribution in [3.63, 3.8) is 0 Å². The first-order chi connectivity index (χ1) is 23.3. The molecule has 7 aliphatic carbocycles. The molecule has 5 atom stereocenters. The van der Waals surface area contributed by atoms with Crippen LogP contribution in [-0.2, 0) is 0 Å². The zero-order valence-corrected chi connectivity index (χ0v) is 26.8. The molecule has 1 aromatic carbocycles. The SMILES string of the molecule is C1=CCCC(C2=c3ccccc3=C(C3=CC=CCC3)C3C4=CC=C(C5=CC=C(C6=CN7C=CC=CC7N6)CC5)C5C=CC=C(C45)C23)=C1. The monoisotopic (exact) mass is 608 g/mol. The van der Waals surface area contributed by atoms with Gasteiger partial charge in [-0.25, -0.2) is 0 Å². The van der Waals surface area contributed by atoms with Gasteiger partial charge >= 0.3 is 0 Å². The standard InChI is InChI=1S/C45H40N2/c1-3-12-31(13-4-1)41-35-16-7-8-17-36(35)42(32-14-5-2-6-15-32)45-38-26-25-33(34-18-11-19-37(43(34)38)44(41)45)29-21-23-30(24-22-29)39-28-47-27-10-9-20-40(47)46-39/h1-3,5,7-12,14,16-21,23,25-28,34,40,43-46H,4,6,13,15,22,24H2. The van der Waals surface area contributed by atoms with E-state index in [0.29, 0.717) is 23.7 Å². The zero-order valence-electron chi connectivity index (χ0n) is 26.8. The zero-order chi connectivity index (χ0) is 30.9. The molecule has 2 aliphatic heterocycles. The highest BCUT2D eigenvalue weighted by molar-refractivity contribution is 5.85. The van der Waals surface area contributed by atoms with Gasteiger partial charge in [0.2, 0.25) is 0 Å². The van der Waals surface area contributed by atoms with Crippen LogP contribution in [0.25, 0.3) is 11.1 Å². The van der Waals surface area contributed by atoms with Crippen molar-refractivity contribution in [2.24, 2.45) is 23.7 Å². The Morgan fingerprint density at radius 2 is 1.28 bits per heavy atom. The third-order valence-electron chi connectivity index (χ3n) is 11.8. The van der Waals surface area contributed by atoms with Gasteiger partial charge in [0.05, 0.1) is 5.70 Å². The fourth-order valence-electron chi connectivity index (χ4n) is 9.83. The van der Waals surface area contributed by atoms with Crippen molar-refractivity contribution >= 4 is 11.1 Å². The average molecular weight is 609 g/mol. The Kier molecular flexibility index (Phi) is 6.32. The molecule has 5 unspecified atom stereocenters. The second-order valence-electron chi connectivity index (χ2n) is 14.2. The predicted octanol–water partition coefficient (Wildman–Crippen LogP) is 8.20. The van der Waals surface area contributed by atoms with Gasteiger partial charge in [-0.2, -0.15) is 0 Å². The van der Waals surface area contributed by atoms with E-state index in [9.17, 15) is 0 Å². The maximum absolute atomic E-state index is 3.71. The Hall–Kier alpha value is -4.82. The summed E-state index contributed by atoms with van der Waals surface area (Å²) in [6.07, 6.45) is 49.1. The molecule has 2 nitrogen and oxygen atoms in total. The Labute approximate surface area is 278 Å². The van der Waals surface area contributed by atoms with E-state index in [1.807, 2.05) is 0 Å². The Morgan fingerprint density at radius 3 is 1.94 bits per heavy atom. The summed E-state index contributed by atoms with van der Waals surface area (Å²) >= 11 is 0. The highest BCUT2D eigenvalue weighted by Crippen LogP contribution is 2.61. The highest BCUT2D eigenvalue weighted by atomic mass is 15.3. The van der Waals surface area contributed by atoms with Crippen LogP contribution >= 0.6 is 0 Å². The molecule has 0 amide bonds. The molecule has 2 heteroatoms. The molecule has 0 bridgehead atoms. The number of nitrogens with one attached hydrogen (secondary N) is 1. The summed E-state index contributed by atoms with van der Waals surface area (Å²) in [4.78, 5) is 2.26. The van der Waals surface area contributed by atoms with Gasteiger partial charge in [-0.15, -0.1) is 0 Å². The summed E-state index contributed by atoms with van der Waals surface area (Å²) in [5.74, 6) is 1.58. The van der Waals surface area contributed by atoms with Crippen LogP contribution in [0.15, 0.2) is 179 Å². The number of hydrogen-bond acceptors (Lipinski definition) is 2. The van der Waals surface area contributed by atoms with Gasteiger partial charge in [-0.1, -0.05) is 120 Å². The van der Waals surface area contributed by atoms with Crippen LogP contribution in [0.1, 0.15) is 38.5 Å². The molecule has 0 aromatic heterocycles. The van der Waals surface area contributed by atoms with E-state index in [2.05, 4.69) is 144 Å². The van der Waals surface area contributed by atoms with Crippen LogP contribution in [0, 0.1) is 23.7 Å². The molecule has 0 spiro atoms. The smallest absolute Gasteiger partial charge is 0.122 e.